The molecular formula is C28H26ClF2NO4. The van der Waals surface area contributed by atoms with E-state index in [1.165, 1.54) is 29.2 Å². The number of hydrogen-bond acceptors (Lipinski definition) is 3. The van der Waals surface area contributed by atoms with Crippen molar-refractivity contribution in [1.82, 2.24) is 4.90 Å². The predicted molar refractivity (Wildman–Crippen MR) is 132 cm³/mol. The number of amides is 1. The Balaban J connectivity index is 1.40. The zero-order chi connectivity index (χ0) is 25.9. The van der Waals surface area contributed by atoms with Gasteiger partial charge in [0.05, 0.1) is 5.02 Å². The van der Waals surface area contributed by atoms with Gasteiger partial charge in [0.15, 0.2) is 0 Å². The quantitative estimate of drug-likeness (QED) is 0.404. The van der Waals surface area contributed by atoms with Crippen molar-refractivity contribution >= 4 is 23.5 Å². The van der Waals surface area contributed by atoms with E-state index in [1.54, 1.807) is 18.2 Å². The SMILES string of the molecule is CC1(Cc2ccccc2F)Cc2cc(CCC(=O)N(CC(=O)O)Cc3ccc(F)c(Cl)c3)ccc2O1. The van der Waals surface area contributed by atoms with E-state index >= 15 is 0 Å². The van der Waals surface area contributed by atoms with Gasteiger partial charge in [0.1, 0.15) is 29.5 Å². The molecule has 0 radical (unpaired) electrons. The van der Waals surface area contributed by atoms with Gasteiger partial charge in [-0.1, -0.05) is 48.0 Å². The number of nitrogens with zero attached hydrogens (tertiary/aromatic N) is 1. The van der Waals surface area contributed by atoms with Gasteiger partial charge in [-0.25, -0.2) is 8.78 Å². The van der Waals surface area contributed by atoms with Gasteiger partial charge in [-0.3, -0.25) is 9.59 Å². The van der Waals surface area contributed by atoms with Crippen LogP contribution in [0.3, 0.4) is 0 Å². The van der Waals surface area contributed by atoms with Crippen LogP contribution in [0.25, 0.3) is 0 Å². The number of carboxylic acids is 1. The Labute approximate surface area is 213 Å². The fourth-order valence-corrected chi connectivity index (χ4v) is 4.74. The summed E-state index contributed by atoms with van der Waals surface area (Å²) < 4.78 is 33.8. The molecule has 1 N–H and O–H groups in total. The van der Waals surface area contributed by atoms with Crippen molar-refractivity contribution in [3.63, 3.8) is 0 Å². The summed E-state index contributed by atoms with van der Waals surface area (Å²) in [6.07, 6.45) is 1.55. The lowest BCUT2D eigenvalue weighted by Gasteiger charge is -2.24. The molecule has 0 aromatic heterocycles. The van der Waals surface area contributed by atoms with Crippen LogP contribution >= 0.6 is 11.6 Å². The molecule has 0 spiro atoms. The molecule has 0 fully saturated rings. The Hall–Kier alpha value is -3.45. The third-order valence-corrected chi connectivity index (χ3v) is 6.52. The van der Waals surface area contributed by atoms with Crippen molar-refractivity contribution in [3.05, 3.63) is 99.6 Å². The number of rotatable bonds is 9. The highest BCUT2D eigenvalue weighted by Crippen LogP contribution is 2.38. The minimum absolute atomic E-state index is 0.0115. The lowest BCUT2D eigenvalue weighted by atomic mass is 9.91. The first-order chi connectivity index (χ1) is 17.1. The van der Waals surface area contributed by atoms with Crippen molar-refractivity contribution in [3.8, 4) is 5.75 Å². The lowest BCUT2D eigenvalue weighted by molar-refractivity contribution is -0.144. The molecule has 3 aromatic carbocycles. The second-order valence-corrected chi connectivity index (χ2v) is 9.74. The Morgan fingerprint density at radius 2 is 1.81 bits per heavy atom. The van der Waals surface area contributed by atoms with E-state index in [9.17, 15) is 23.5 Å². The van der Waals surface area contributed by atoms with E-state index in [0.717, 1.165) is 16.9 Å². The highest BCUT2D eigenvalue weighted by atomic mass is 35.5. The van der Waals surface area contributed by atoms with Crippen molar-refractivity contribution < 1.29 is 28.2 Å². The number of ether oxygens (including phenoxy) is 1. The normalized spacial score (nSPS) is 16.3. The van der Waals surface area contributed by atoms with E-state index in [0.29, 0.717) is 30.4 Å². The number of aliphatic carboxylic acids is 1. The van der Waals surface area contributed by atoms with Gasteiger partial charge in [-0.2, -0.15) is 0 Å². The maximum absolute atomic E-state index is 14.2. The van der Waals surface area contributed by atoms with E-state index in [2.05, 4.69) is 0 Å². The minimum atomic E-state index is -1.14. The van der Waals surface area contributed by atoms with Crippen LogP contribution in [-0.4, -0.2) is 34.0 Å². The molecule has 36 heavy (non-hydrogen) atoms. The number of hydrogen-bond donors (Lipinski definition) is 1. The second-order valence-electron chi connectivity index (χ2n) is 9.33. The van der Waals surface area contributed by atoms with E-state index in [1.807, 2.05) is 25.1 Å². The highest BCUT2D eigenvalue weighted by molar-refractivity contribution is 6.30. The third-order valence-electron chi connectivity index (χ3n) is 6.23. The molecule has 3 aromatic rings. The fraction of sp³-hybridized carbons (Fsp3) is 0.286. The van der Waals surface area contributed by atoms with Crippen LogP contribution in [0.4, 0.5) is 8.78 Å². The van der Waals surface area contributed by atoms with Gasteiger partial charge in [0.25, 0.3) is 0 Å². The molecule has 5 nitrogen and oxygen atoms in total. The van der Waals surface area contributed by atoms with Crippen LogP contribution in [0.15, 0.2) is 60.7 Å². The zero-order valence-corrected chi connectivity index (χ0v) is 20.5. The minimum Gasteiger partial charge on any atom is -0.487 e. The molecule has 1 aliphatic heterocycles. The third kappa shape index (κ3) is 6.21. The molecule has 0 aliphatic carbocycles. The molecule has 0 bridgehead atoms. The molecule has 188 valence electrons. The van der Waals surface area contributed by atoms with Gasteiger partial charge in [0.2, 0.25) is 5.91 Å². The maximum atomic E-state index is 14.2. The fourth-order valence-electron chi connectivity index (χ4n) is 4.54. The Morgan fingerprint density at radius 1 is 1.06 bits per heavy atom. The molecule has 1 amide bonds. The van der Waals surface area contributed by atoms with Gasteiger partial charge in [0, 0.05) is 25.8 Å². The number of fused-ring (bicyclic) bond motifs is 1. The summed E-state index contributed by atoms with van der Waals surface area (Å²) >= 11 is 5.82. The second kappa shape index (κ2) is 10.7. The standard InChI is InChI=1S/C28H26ClF2NO4/c1-28(14-20-4-2-3-5-23(20)30)15-21-12-18(7-10-25(21)36-28)8-11-26(33)32(17-27(34)35)16-19-6-9-24(31)22(29)13-19/h2-7,9-10,12-13H,8,11,14-17H2,1H3,(H,34,35). The monoisotopic (exact) mass is 513 g/mol. The molecule has 4 rings (SSSR count). The van der Waals surface area contributed by atoms with Crippen LogP contribution in [0, 0.1) is 11.6 Å². The number of halogens is 3. The van der Waals surface area contributed by atoms with Gasteiger partial charge in [-0.15, -0.1) is 0 Å². The van der Waals surface area contributed by atoms with Gasteiger partial charge in [-0.05, 0) is 59.9 Å². The summed E-state index contributed by atoms with van der Waals surface area (Å²) in [5, 5.41) is 9.17. The van der Waals surface area contributed by atoms with Crippen molar-refractivity contribution in [2.24, 2.45) is 0 Å². The van der Waals surface area contributed by atoms with Crippen LogP contribution < -0.4 is 4.74 Å². The van der Waals surface area contributed by atoms with E-state index < -0.39 is 23.9 Å². The molecule has 1 aliphatic rings. The highest BCUT2D eigenvalue weighted by Gasteiger charge is 2.35. The average Bonchev–Trinajstić information content (AvgIpc) is 3.15. The number of carbonyl (C=O) groups is 2. The number of carboxylic acid groups (broad SMARTS) is 1. The molecule has 1 unspecified atom stereocenters. The summed E-state index contributed by atoms with van der Waals surface area (Å²) in [4.78, 5) is 25.4. The lowest BCUT2D eigenvalue weighted by Crippen LogP contribution is -2.35. The molecule has 0 saturated heterocycles. The van der Waals surface area contributed by atoms with Crippen LogP contribution in [0.1, 0.15) is 35.6 Å². The van der Waals surface area contributed by atoms with Crippen LogP contribution in [0.2, 0.25) is 5.02 Å². The topological polar surface area (TPSA) is 66.8 Å². The molecular weight excluding hydrogens is 488 g/mol. The maximum Gasteiger partial charge on any atom is 0.323 e. The summed E-state index contributed by atoms with van der Waals surface area (Å²) in [5.74, 6) is -1.57. The number of aryl methyl sites for hydroxylation is 1. The Kier molecular flexibility index (Phi) is 7.59. The van der Waals surface area contributed by atoms with Crippen molar-refractivity contribution in [2.45, 2.75) is 44.8 Å². The van der Waals surface area contributed by atoms with E-state index in [4.69, 9.17) is 16.3 Å². The van der Waals surface area contributed by atoms with E-state index in [-0.39, 0.29) is 29.7 Å². The molecule has 1 heterocycles. The first-order valence-corrected chi connectivity index (χ1v) is 12.0. The summed E-state index contributed by atoms with van der Waals surface area (Å²) in [6, 6.07) is 16.4. The molecule has 8 heteroatoms. The average molecular weight is 514 g/mol. The summed E-state index contributed by atoms with van der Waals surface area (Å²) in [7, 11) is 0. The van der Waals surface area contributed by atoms with Gasteiger partial charge < -0.3 is 14.7 Å². The number of carbonyl (C=O) groups excluding carboxylic acids is 1. The summed E-state index contributed by atoms with van der Waals surface area (Å²) in [5.41, 5.74) is 2.47. The smallest absolute Gasteiger partial charge is 0.323 e. The van der Waals surface area contributed by atoms with Gasteiger partial charge >= 0.3 is 5.97 Å². The molecule has 0 saturated carbocycles. The Morgan fingerprint density at radius 3 is 2.53 bits per heavy atom. The summed E-state index contributed by atoms with van der Waals surface area (Å²) in [6.45, 7) is 1.49. The molecule has 1 atom stereocenters. The zero-order valence-electron chi connectivity index (χ0n) is 19.8. The predicted octanol–water partition coefficient (Wildman–Crippen LogP) is 5.60. The van der Waals surface area contributed by atoms with Crippen LogP contribution in [-0.2, 0) is 35.4 Å². The number of benzene rings is 3. The Bertz CT molecular complexity index is 1300. The largest absolute Gasteiger partial charge is 0.487 e. The van der Waals surface area contributed by atoms with Crippen LogP contribution in [0.5, 0.6) is 5.75 Å². The first-order valence-electron chi connectivity index (χ1n) is 11.6. The van der Waals surface area contributed by atoms with Crippen molar-refractivity contribution in [1.29, 1.82) is 0 Å². The first kappa shape index (κ1) is 25.6. The van der Waals surface area contributed by atoms with Crippen molar-refractivity contribution in [2.75, 3.05) is 6.54 Å².